The number of allylic oxidation sites excluding steroid dienone is 1. The van der Waals surface area contributed by atoms with E-state index >= 15 is 0 Å². The SMILES string of the molecule is C=C1Cc2cnc(-c3ccccc3C(C)C)nc2N1[C@H](C)c1ccc(-n2nc(C)cc2C)cc1. The van der Waals surface area contributed by atoms with Crippen molar-refractivity contribution in [1.82, 2.24) is 19.7 Å². The molecular formula is C29H31N5. The lowest BCUT2D eigenvalue weighted by Crippen LogP contribution is -2.23. The first kappa shape index (κ1) is 22.1. The van der Waals surface area contributed by atoms with Crippen molar-refractivity contribution in [3.63, 3.8) is 0 Å². The van der Waals surface area contributed by atoms with Crippen LogP contribution in [0.25, 0.3) is 17.1 Å². The molecule has 2 aromatic carbocycles. The molecule has 172 valence electrons. The molecule has 0 fully saturated rings. The quantitative estimate of drug-likeness (QED) is 0.340. The summed E-state index contributed by atoms with van der Waals surface area (Å²) in [5.41, 5.74) is 8.97. The van der Waals surface area contributed by atoms with Gasteiger partial charge in [-0.2, -0.15) is 5.10 Å². The van der Waals surface area contributed by atoms with Gasteiger partial charge < -0.3 is 4.90 Å². The zero-order chi connectivity index (χ0) is 24.0. The molecule has 0 radical (unpaired) electrons. The number of fused-ring (bicyclic) bond motifs is 1. The van der Waals surface area contributed by atoms with E-state index in [0.29, 0.717) is 5.92 Å². The Bertz CT molecular complexity index is 1360. The first-order valence-corrected chi connectivity index (χ1v) is 11.9. The molecule has 5 heteroatoms. The van der Waals surface area contributed by atoms with Crippen molar-refractivity contribution in [3.05, 3.63) is 101 Å². The second kappa shape index (κ2) is 8.56. The van der Waals surface area contributed by atoms with Crippen molar-refractivity contribution in [2.45, 2.75) is 53.0 Å². The molecule has 3 heterocycles. The molecule has 1 atom stereocenters. The molecule has 0 amide bonds. The number of aromatic nitrogens is 4. The van der Waals surface area contributed by atoms with Crippen LogP contribution in [0, 0.1) is 13.8 Å². The largest absolute Gasteiger partial charge is 0.323 e. The van der Waals surface area contributed by atoms with Crippen LogP contribution < -0.4 is 4.90 Å². The second-order valence-electron chi connectivity index (χ2n) is 9.50. The van der Waals surface area contributed by atoms with Crippen LogP contribution in [0.1, 0.15) is 60.8 Å². The van der Waals surface area contributed by atoms with Gasteiger partial charge in [-0.3, -0.25) is 0 Å². The van der Waals surface area contributed by atoms with Crippen molar-refractivity contribution in [3.8, 4) is 17.1 Å². The maximum absolute atomic E-state index is 5.06. The summed E-state index contributed by atoms with van der Waals surface area (Å²) in [6, 6.07) is 19.2. The minimum absolute atomic E-state index is 0.103. The van der Waals surface area contributed by atoms with Gasteiger partial charge in [0.2, 0.25) is 0 Å². The standard InChI is InChI=1S/C29H31N5/c1-18(2)26-9-7-8-10-27(26)28-30-17-24-16-20(4)33(29(24)31-28)22(6)23-11-13-25(14-12-23)34-21(5)15-19(3)32-34/h7-15,17-18,22H,4,16H2,1-3,5-6H3/t22-/m1/s1. The Morgan fingerprint density at radius 3 is 2.38 bits per heavy atom. The Morgan fingerprint density at radius 2 is 1.71 bits per heavy atom. The van der Waals surface area contributed by atoms with Crippen LogP contribution in [0.15, 0.2) is 73.1 Å². The smallest absolute Gasteiger partial charge is 0.161 e. The number of rotatable bonds is 5. The van der Waals surface area contributed by atoms with Gasteiger partial charge in [0.25, 0.3) is 0 Å². The van der Waals surface area contributed by atoms with Gasteiger partial charge >= 0.3 is 0 Å². The highest BCUT2D eigenvalue weighted by atomic mass is 15.3. The topological polar surface area (TPSA) is 46.8 Å². The number of nitrogens with zero attached hydrogens (tertiary/aromatic N) is 5. The maximum atomic E-state index is 5.06. The lowest BCUT2D eigenvalue weighted by Gasteiger charge is -2.28. The normalized spacial score (nSPS) is 14.1. The van der Waals surface area contributed by atoms with E-state index in [4.69, 9.17) is 9.97 Å². The molecule has 1 aliphatic heterocycles. The van der Waals surface area contributed by atoms with E-state index in [1.165, 1.54) is 11.1 Å². The lowest BCUT2D eigenvalue weighted by molar-refractivity contribution is 0.739. The Morgan fingerprint density at radius 1 is 0.971 bits per heavy atom. The molecular weight excluding hydrogens is 418 g/mol. The molecule has 0 unspecified atom stereocenters. The third kappa shape index (κ3) is 3.81. The van der Waals surface area contributed by atoms with Crippen molar-refractivity contribution in [1.29, 1.82) is 0 Å². The first-order valence-electron chi connectivity index (χ1n) is 11.9. The van der Waals surface area contributed by atoms with Crippen LogP contribution in [-0.4, -0.2) is 19.7 Å². The monoisotopic (exact) mass is 449 g/mol. The fourth-order valence-electron chi connectivity index (χ4n) is 4.91. The molecule has 1 aliphatic rings. The van der Waals surface area contributed by atoms with Gasteiger partial charge in [0.15, 0.2) is 5.82 Å². The minimum Gasteiger partial charge on any atom is -0.323 e. The van der Waals surface area contributed by atoms with E-state index in [1.54, 1.807) is 0 Å². The zero-order valence-corrected chi connectivity index (χ0v) is 20.6. The van der Waals surface area contributed by atoms with Gasteiger partial charge in [-0.05, 0) is 56.0 Å². The van der Waals surface area contributed by atoms with Gasteiger partial charge in [-0.1, -0.05) is 56.8 Å². The number of hydrogen-bond acceptors (Lipinski definition) is 4. The molecule has 0 saturated heterocycles. The van der Waals surface area contributed by atoms with Gasteiger partial charge in [0.1, 0.15) is 5.82 Å². The average Bonchev–Trinajstić information content (AvgIpc) is 3.35. The molecule has 0 saturated carbocycles. The Kier molecular flexibility index (Phi) is 5.56. The highest BCUT2D eigenvalue weighted by molar-refractivity contribution is 5.67. The summed E-state index contributed by atoms with van der Waals surface area (Å²) in [6.07, 6.45) is 2.74. The summed E-state index contributed by atoms with van der Waals surface area (Å²) < 4.78 is 1.99. The highest BCUT2D eigenvalue weighted by Gasteiger charge is 2.30. The zero-order valence-electron chi connectivity index (χ0n) is 20.6. The third-order valence-electron chi connectivity index (χ3n) is 6.65. The van der Waals surface area contributed by atoms with Gasteiger partial charge in [-0.15, -0.1) is 0 Å². The third-order valence-corrected chi connectivity index (χ3v) is 6.65. The van der Waals surface area contributed by atoms with Crippen LogP contribution >= 0.6 is 0 Å². The van der Waals surface area contributed by atoms with E-state index in [0.717, 1.165) is 52.0 Å². The highest BCUT2D eigenvalue weighted by Crippen LogP contribution is 2.40. The summed E-state index contributed by atoms with van der Waals surface area (Å²) in [4.78, 5) is 12.1. The van der Waals surface area contributed by atoms with Crippen LogP contribution in [0.4, 0.5) is 5.82 Å². The molecule has 0 N–H and O–H groups in total. The van der Waals surface area contributed by atoms with E-state index in [-0.39, 0.29) is 6.04 Å². The number of anilines is 1. The fourth-order valence-corrected chi connectivity index (χ4v) is 4.91. The van der Waals surface area contributed by atoms with Gasteiger partial charge in [-0.25, -0.2) is 14.6 Å². The van der Waals surface area contributed by atoms with Crippen LogP contribution in [0.5, 0.6) is 0 Å². The summed E-state index contributed by atoms with van der Waals surface area (Å²) in [5.74, 6) is 2.14. The van der Waals surface area contributed by atoms with E-state index < -0.39 is 0 Å². The lowest BCUT2D eigenvalue weighted by atomic mass is 9.97. The summed E-state index contributed by atoms with van der Waals surface area (Å²) in [5, 5.41) is 4.61. The van der Waals surface area contributed by atoms with E-state index in [1.807, 2.05) is 17.8 Å². The van der Waals surface area contributed by atoms with Crippen molar-refractivity contribution >= 4 is 5.82 Å². The van der Waals surface area contributed by atoms with Gasteiger partial charge in [0, 0.05) is 35.1 Å². The number of hydrogen-bond donors (Lipinski definition) is 0. The molecule has 0 bridgehead atoms. The summed E-state index contributed by atoms with van der Waals surface area (Å²) in [6.45, 7) is 15.1. The number of benzene rings is 2. The van der Waals surface area contributed by atoms with Crippen molar-refractivity contribution in [2.24, 2.45) is 0 Å². The molecule has 5 rings (SSSR count). The second-order valence-corrected chi connectivity index (χ2v) is 9.50. The Labute approximate surface area is 201 Å². The number of aryl methyl sites for hydroxylation is 2. The molecule has 0 spiro atoms. The van der Waals surface area contributed by atoms with Crippen molar-refractivity contribution < 1.29 is 0 Å². The molecule has 0 aliphatic carbocycles. The van der Waals surface area contributed by atoms with Crippen molar-refractivity contribution in [2.75, 3.05) is 4.90 Å². The molecule has 34 heavy (non-hydrogen) atoms. The summed E-state index contributed by atoms with van der Waals surface area (Å²) >= 11 is 0. The van der Waals surface area contributed by atoms with E-state index in [2.05, 4.69) is 98.9 Å². The maximum Gasteiger partial charge on any atom is 0.161 e. The minimum atomic E-state index is 0.103. The predicted octanol–water partition coefficient (Wildman–Crippen LogP) is 6.71. The van der Waals surface area contributed by atoms with Crippen LogP contribution in [-0.2, 0) is 6.42 Å². The average molecular weight is 450 g/mol. The predicted molar refractivity (Wildman–Crippen MR) is 138 cm³/mol. The van der Waals surface area contributed by atoms with Crippen LogP contribution in [0.2, 0.25) is 0 Å². The molecule has 5 nitrogen and oxygen atoms in total. The fraction of sp³-hybridized carbons (Fsp3) is 0.276. The Balaban J connectivity index is 1.49. The van der Waals surface area contributed by atoms with Crippen LogP contribution in [0.3, 0.4) is 0 Å². The first-order chi connectivity index (χ1) is 16.3. The molecule has 4 aromatic rings. The van der Waals surface area contributed by atoms with Gasteiger partial charge in [0.05, 0.1) is 17.4 Å². The Hall–Kier alpha value is -3.73. The summed E-state index contributed by atoms with van der Waals surface area (Å²) in [7, 11) is 0. The van der Waals surface area contributed by atoms with E-state index in [9.17, 15) is 0 Å². The molecule has 2 aromatic heterocycles.